The molecule has 0 aliphatic rings. The van der Waals surface area contributed by atoms with E-state index in [-0.39, 0.29) is 0 Å². The van der Waals surface area contributed by atoms with E-state index in [1.54, 1.807) is 0 Å². The van der Waals surface area contributed by atoms with E-state index in [9.17, 15) is 0 Å². The Kier molecular flexibility index (Phi) is 5.90. The first-order valence-corrected chi connectivity index (χ1v) is 5.87. The van der Waals surface area contributed by atoms with Crippen LogP contribution in [0.2, 0.25) is 0 Å². The zero-order valence-electron chi connectivity index (χ0n) is 10.6. The third-order valence-corrected chi connectivity index (χ3v) is 2.62. The Bertz CT molecular complexity index is 279. The van der Waals surface area contributed by atoms with Gasteiger partial charge in [-0.15, -0.1) is 9.24 Å². The van der Waals surface area contributed by atoms with E-state index in [0.717, 1.165) is 17.4 Å². The van der Waals surface area contributed by atoms with Crippen molar-refractivity contribution in [3.8, 4) is 0 Å². The maximum atomic E-state index is 4.10. The van der Waals surface area contributed by atoms with Crippen molar-refractivity contribution < 1.29 is 0 Å². The lowest BCUT2D eigenvalue weighted by atomic mass is 9.88. The zero-order valence-corrected chi connectivity index (χ0v) is 11.8. The summed E-state index contributed by atoms with van der Waals surface area (Å²) >= 11 is 0. The molecule has 1 atom stereocenters. The first kappa shape index (κ1) is 14.5. The molecule has 1 unspecified atom stereocenters. The number of allylic oxidation sites excluding steroid dienone is 4. The number of hydrogen-bond donors (Lipinski definition) is 1. The largest absolute Gasteiger partial charge is 0.365 e. The van der Waals surface area contributed by atoms with Gasteiger partial charge in [-0.05, 0) is 36.6 Å². The van der Waals surface area contributed by atoms with Crippen molar-refractivity contribution in [3.05, 3.63) is 35.4 Å². The third kappa shape index (κ3) is 7.39. The predicted molar refractivity (Wildman–Crippen MR) is 73.6 cm³/mol. The fraction of sp³-hybridized carbons (Fsp3) is 0.538. The Hall–Kier alpha value is -0.550. The highest BCUT2D eigenvalue weighted by molar-refractivity contribution is 7.23. The van der Waals surface area contributed by atoms with Gasteiger partial charge in [-0.25, -0.2) is 0 Å². The summed E-state index contributed by atoms with van der Waals surface area (Å²) in [7, 11) is 2.73. The van der Waals surface area contributed by atoms with Crippen LogP contribution in [0.5, 0.6) is 0 Å². The minimum absolute atomic E-state index is 0.294. The molecule has 0 spiro atoms. The molecule has 0 bridgehead atoms. The fourth-order valence-corrected chi connectivity index (χ4v) is 1.30. The molecule has 0 aromatic rings. The van der Waals surface area contributed by atoms with Crippen LogP contribution < -0.4 is 5.32 Å². The maximum Gasteiger partial charge on any atom is 0.00814 e. The second-order valence-electron chi connectivity index (χ2n) is 5.06. The quantitative estimate of drug-likeness (QED) is 0.558. The van der Waals surface area contributed by atoms with E-state index in [2.05, 4.69) is 41.9 Å². The zero-order chi connectivity index (χ0) is 12.1. The van der Waals surface area contributed by atoms with E-state index in [1.165, 1.54) is 5.57 Å². The van der Waals surface area contributed by atoms with Crippen molar-refractivity contribution >= 4 is 9.24 Å². The minimum Gasteiger partial charge on any atom is -0.365 e. The first-order valence-electron chi connectivity index (χ1n) is 5.29. The molecule has 0 saturated carbocycles. The van der Waals surface area contributed by atoms with Gasteiger partial charge in [-0.3, -0.25) is 0 Å². The molecule has 2 heteroatoms. The second kappa shape index (κ2) is 6.12. The third-order valence-electron chi connectivity index (χ3n) is 2.04. The van der Waals surface area contributed by atoms with E-state index in [0.29, 0.717) is 5.41 Å². The van der Waals surface area contributed by atoms with Crippen LogP contribution in [-0.2, 0) is 0 Å². The van der Waals surface area contributed by atoms with Crippen molar-refractivity contribution in [2.75, 3.05) is 0 Å². The lowest BCUT2D eigenvalue weighted by Crippen LogP contribution is -2.07. The molecule has 0 amide bonds. The summed E-state index contributed by atoms with van der Waals surface area (Å²) in [6, 6.07) is 0. The van der Waals surface area contributed by atoms with Gasteiger partial charge in [0.25, 0.3) is 0 Å². The van der Waals surface area contributed by atoms with Gasteiger partial charge in [-0.1, -0.05) is 33.4 Å². The van der Waals surface area contributed by atoms with Crippen LogP contribution in [0.1, 0.15) is 41.0 Å². The van der Waals surface area contributed by atoms with Gasteiger partial charge in [0, 0.05) is 11.9 Å². The standard InChI is InChI=1S/C13H24NP/c1-7-11(3)14-9-12(15)10(2)8-13(4,5)6/h7,9,14H,2,8,15H2,1,3-6H3/b11-7-,12-9+. The molecule has 0 aliphatic carbocycles. The SMILES string of the molecule is C=C(CC(C)(C)C)/C(P)=C\N/C(C)=C\C. The normalized spacial score (nSPS) is 14.0. The lowest BCUT2D eigenvalue weighted by molar-refractivity contribution is 0.413. The van der Waals surface area contributed by atoms with Crippen LogP contribution in [0.3, 0.4) is 0 Å². The summed E-state index contributed by atoms with van der Waals surface area (Å²) in [6.45, 7) is 14.8. The summed E-state index contributed by atoms with van der Waals surface area (Å²) in [4.78, 5) is 0. The topological polar surface area (TPSA) is 12.0 Å². The molecule has 0 radical (unpaired) electrons. The fourth-order valence-electron chi connectivity index (χ4n) is 1.12. The van der Waals surface area contributed by atoms with Crippen LogP contribution >= 0.6 is 9.24 Å². The smallest absolute Gasteiger partial charge is 0.00814 e. The summed E-state index contributed by atoms with van der Waals surface area (Å²) in [5, 5.41) is 4.36. The molecule has 0 rings (SSSR count). The predicted octanol–water partition coefficient (Wildman–Crippen LogP) is 4.21. The molecule has 15 heavy (non-hydrogen) atoms. The minimum atomic E-state index is 0.294. The Labute approximate surface area is 96.9 Å². The summed E-state index contributed by atoms with van der Waals surface area (Å²) in [6.07, 6.45) is 5.05. The molecule has 0 fully saturated rings. The number of rotatable bonds is 4. The van der Waals surface area contributed by atoms with Crippen LogP contribution in [0.25, 0.3) is 0 Å². The molecule has 0 aliphatic heterocycles. The number of hydrogen-bond acceptors (Lipinski definition) is 1. The van der Waals surface area contributed by atoms with Gasteiger partial charge < -0.3 is 5.32 Å². The van der Waals surface area contributed by atoms with E-state index < -0.39 is 0 Å². The highest BCUT2D eigenvalue weighted by Crippen LogP contribution is 2.29. The molecule has 0 saturated heterocycles. The van der Waals surface area contributed by atoms with E-state index in [4.69, 9.17) is 0 Å². The molecular weight excluding hydrogens is 201 g/mol. The molecule has 86 valence electrons. The van der Waals surface area contributed by atoms with Gasteiger partial charge in [0.05, 0.1) is 0 Å². The van der Waals surface area contributed by atoms with Gasteiger partial charge in [0.15, 0.2) is 0 Å². The van der Waals surface area contributed by atoms with Crippen molar-refractivity contribution in [2.45, 2.75) is 41.0 Å². The molecule has 0 heterocycles. The second-order valence-corrected chi connectivity index (χ2v) is 5.68. The van der Waals surface area contributed by atoms with Crippen molar-refractivity contribution in [1.82, 2.24) is 5.32 Å². The highest BCUT2D eigenvalue weighted by atomic mass is 31.0. The highest BCUT2D eigenvalue weighted by Gasteiger charge is 2.12. The van der Waals surface area contributed by atoms with Crippen LogP contribution in [-0.4, -0.2) is 0 Å². The Morgan fingerprint density at radius 3 is 2.33 bits per heavy atom. The van der Waals surface area contributed by atoms with Gasteiger partial charge >= 0.3 is 0 Å². The summed E-state index contributed by atoms with van der Waals surface area (Å²) in [5.41, 5.74) is 2.62. The lowest BCUT2D eigenvalue weighted by Gasteiger charge is -2.20. The molecule has 0 aromatic heterocycles. The summed E-state index contributed by atoms with van der Waals surface area (Å²) in [5.74, 6) is 0. The van der Waals surface area contributed by atoms with Gasteiger partial charge in [0.1, 0.15) is 0 Å². The van der Waals surface area contributed by atoms with Gasteiger partial charge in [-0.2, -0.15) is 0 Å². The monoisotopic (exact) mass is 225 g/mol. The Morgan fingerprint density at radius 1 is 1.40 bits per heavy atom. The molecule has 1 nitrogen and oxygen atoms in total. The van der Waals surface area contributed by atoms with Crippen LogP contribution in [0.15, 0.2) is 35.4 Å². The van der Waals surface area contributed by atoms with Crippen molar-refractivity contribution in [1.29, 1.82) is 0 Å². The maximum absolute atomic E-state index is 4.10. The Balaban J connectivity index is 4.33. The molecule has 1 N–H and O–H groups in total. The van der Waals surface area contributed by atoms with Crippen LogP contribution in [0.4, 0.5) is 0 Å². The van der Waals surface area contributed by atoms with Gasteiger partial charge in [0.2, 0.25) is 0 Å². The molecule has 0 aromatic carbocycles. The number of nitrogens with one attached hydrogen (secondary N) is 1. The summed E-state index contributed by atoms with van der Waals surface area (Å²) < 4.78 is 0. The molecular formula is C13H24NP. The van der Waals surface area contributed by atoms with Crippen LogP contribution in [0, 0.1) is 5.41 Å². The van der Waals surface area contributed by atoms with E-state index >= 15 is 0 Å². The van der Waals surface area contributed by atoms with Crippen molar-refractivity contribution in [3.63, 3.8) is 0 Å². The average Bonchev–Trinajstić information content (AvgIpc) is 2.10. The average molecular weight is 225 g/mol. The Morgan fingerprint density at radius 2 is 1.93 bits per heavy atom. The van der Waals surface area contributed by atoms with E-state index in [1.807, 2.05) is 26.1 Å². The first-order chi connectivity index (χ1) is 6.76. The van der Waals surface area contributed by atoms with Crippen molar-refractivity contribution in [2.24, 2.45) is 5.41 Å².